The van der Waals surface area contributed by atoms with E-state index in [1.807, 2.05) is 0 Å². The van der Waals surface area contributed by atoms with Crippen molar-refractivity contribution < 1.29 is 80.2 Å². The number of carbonyl (C=O) groups is 4. The lowest BCUT2D eigenvalue weighted by Gasteiger charge is -2.21. The lowest BCUT2D eigenvalue weighted by Crippen LogP contribution is -2.30. The molecule has 0 aromatic heterocycles. The molecule has 0 aromatic rings. The average Bonchev–Trinajstić information content (AvgIpc) is 1.02. The zero-order valence-corrected chi connectivity index (χ0v) is 66.9. The summed E-state index contributed by atoms with van der Waals surface area (Å²) in [6.07, 6.45) is 55.7. The molecule has 0 saturated heterocycles. The molecule has 0 bridgehead atoms. The van der Waals surface area contributed by atoms with Crippen molar-refractivity contribution in [1.82, 2.24) is 0 Å². The first kappa shape index (κ1) is 97.1. The van der Waals surface area contributed by atoms with Gasteiger partial charge in [-0.1, -0.05) is 357 Å². The van der Waals surface area contributed by atoms with Gasteiger partial charge in [0.25, 0.3) is 0 Å². The first-order valence-electron chi connectivity index (χ1n) is 41.2. The number of hydrogen-bond donors (Lipinski definition) is 3. The Labute approximate surface area is 607 Å². The molecule has 0 heterocycles. The van der Waals surface area contributed by atoms with Gasteiger partial charge < -0.3 is 33.8 Å². The third-order valence-electron chi connectivity index (χ3n) is 18.9. The number of aliphatic hydroxyl groups excluding tert-OH is 1. The monoisotopic (exact) mass is 1450 g/mol. The summed E-state index contributed by atoms with van der Waals surface area (Å²) in [5, 5.41) is 10.6. The Morgan fingerprint density at radius 2 is 0.485 bits per heavy atom. The minimum atomic E-state index is -4.96. The third kappa shape index (κ3) is 72.8. The van der Waals surface area contributed by atoms with Crippen LogP contribution in [0.25, 0.3) is 0 Å². The normalized spacial score (nSPS) is 14.3. The number of phosphoric ester groups is 2. The summed E-state index contributed by atoms with van der Waals surface area (Å²) >= 11 is 0. The number of esters is 4. The van der Waals surface area contributed by atoms with E-state index in [-0.39, 0.29) is 25.7 Å². The molecular formula is C80H156O17P2. The zero-order chi connectivity index (χ0) is 73.1. The maximum atomic E-state index is 13.1. The molecule has 3 N–H and O–H groups in total. The zero-order valence-electron chi connectivity index (χ0n) is 65.1. The van der Waals surface area contributed by atoms with Gasteiger partial charge in [-0.15, -0.1) is 0 Å². The van der Waals surface area contributed by atoms with E-state index in [2.05, 4.69) is 55.4 Å². The molecule has 6 atom stereocenters. The van der Waals surface area contributed by atoms with Crippen LogP contribution in [0.5, 0.6) is 0 Å². The van der Waals surface area contributed by atoms with Crippen LogP contribution in [0.3, 0.4) is 0 Å². The lowest BCUT2D eigenvalue weighted by atomic mass is 10.00. The van der Waals surface area contributed by atoms with Crippen LogP contribution in [-0.2, 0) is 65.4 Å². The van der Waals surface area contributed by atoms with E-state index in [9.17, 15) is 43.2 Å². The summed E-state index contributed by atoms with van der Waals surface area (Å²) < 4.78 is 68.6. The average molecular weight is 1450 g/mol. The number of ether oxygens (including phenoxy) is 4. The summed E-state index contributed by atoms with van der Waals surface area (Å²) in [7, 11) is -9.92. The molecule has 0 fully saturated rings. The van der Waals surface area contributed by atoms with Crippen LogP contribution in [0.15, 0.2) is 0 Å². The number of carbonyl (C=O) groups excluding carboxylic acids is 4. The molecule has 17 nitrogen and oxygen atoms in total. The van der Waals surface area contributed by atoms with E-state index >= 15 is 0 Å². The maximum Gasteiger partial charge on any atom is 0.472 e. The fourth-order valence-electron chi connectivity index (χ4n) is 12.2. The number of unbranched alkanes of at least 4 members (excludes halogenated alkanes) is 42. The highest BCUT2D eigenvalue weighted by atomic mass is 31.2. The molecule has 99 heavy (non-hydrogen) atoms. The first-order chi connectivity index (χ1) is 47.6. The maximum absolute atomic E-state index is 13.1. The Kier molecular flexibility index (Phi) is 67.8. The van der Waals surface area contributed by atoms with Gasteiger partial charge >= 0.3 is 39.5 Å². The summed E-state index contributed by atoms with van der Waals surface area (Å²) in [4.78, 5) is 72.9. The summed E-state index contributed by atoms with van der Waals surface area (Å²) in [6, 6.07) is 0. The molecule has 588 valence electrons. The minimum Gasteiger partial charge on any atom is -0.462 e. The van der Waals surface area contributed by atoms with Gasteiger partial charge in [0.1, 0.15) is 19.3 Å². The Hall–Kier alpha value is -1.94. The molecule has 19 heteroatoms. The van der Waals surface area contributed by atoms with E-state index < -0.39 is 97.5 Å². The largest absolute Gasteiger partial charge is 0.472 e. The Balaban J connectivity index is 5.17. The van der Waals surface area contributed by atoms with Crippen molar-refractivity contribution in [3.63, 3.8) is 0 Å². The summed E-state index contributed by atoms with van der Waals surface area (Å²) in [5.41, 5.74) is 0. The summed E-state index contributed by atoms with van der Waals surface area (Å²) in [6.45, 7) is 14.2. The molecule has 0 aromatic carbocycles. The first-order valence-corrected chi connectivity index (χ1v) is 44.2. The van der Waals surface area contributed by atoms with Crippen LogP contribution in [0.4, 0.5) is 0 Å². The molecule has 0 rings (SSSR count). The van der Waals surface area contributed by atoms with Crippen LogP contribution in [0.2, 0.25) is 0 Å². The van der Waals surface area contributed by atoms with E-state index in [4.69, 9.17) is 37.0 Å². The van der Waals surface area contributed by atoms with Gasteiger partial charge in [0, 0.05) is 25.7 Å². The van der Waals surface area contributed by atoms with Gasteiger partial charge in [-0.3, -0.25) is 37.3 Å². The topological polar surface area (TPSA) is 237 Å². The number of phosphoric acid groups is 2. The Bertz CT molecular complexity index is 1940. The highest BCUT2D eigenvalue weighted by Gasteiger charge is 2.30. The van der Waals surface area contributed by atoms with Gasteiger partial charge in [-0.25, -0.2) is 9.13 Å². The molecule has 0 aliphatic heterocycles. The SMILES string of the molecule is CCC(C)CCCCCCCCC(=O)OC[C@H](COP(=O)(O)OC[C@H](O)COP(=O)(O)OC[C@@H](COC(=O)CCCCCCCCCCCCCCCCC(C)C)OC(=O)CCCCCCCCCCC(C)C)OC(=O)CCCCCCCCCCCCCCCCCCCCC(C)C. The molecule has 3 unspecified atom stereocenters. The Morgan fingerprint density at radius 3 is 0.717 bits per heavy atom. The van der Waals surface area contributed by atoms with Crippen molar-refractivity contribution >= 4 is 39.5 Å². The predicted octanol–water partition coefficient (Wildman–Crippen LogP) is 23.6. The lowest BCUT2D eigenvalue weighted by molar-refractivity contribution is -0.161. The van der Waals surface area contributed by atoms with Gasteiger partial charge in [0.05, 0.1) is 26.4 Å². The van der Waals surface area contributed by atoms with Gasteiger partial charge in [0.15, 0.2) is 12.2 Å². The predicted molar refractivity (Wildman–Crippen MR) is 404 cm³/mol. The van der Waals surface area contributed by atoms with Gasteiger partial charge in [0.2, 0.25) is 0 Å². The van der Waals surface area contributed by atoms with Crippen molar-refractivity contribution in [2.75, 3.05) is 39.6 Å². The van der Waals surface area contributed by atoms with Gasteiger partial charge in [-0.05, 0) is 49.4 Å². The van der Waals surface area contributed by atoms with Crippen molar-refractivity contribution in [1.29, 1.82) is 0 Å². The smallest absolute Gasteiger partial charge is 0.462 e. The van der Waals surface area contributed by atoms with Crippen molar-refractivity contribution in [3.05, 3.63) is 0 Å². The second-order valence-electron chi connectivity index (χ2n) is 30.5. The minimum absolute atomic E-state index is 0.104. The van der Waals surface area contributed by atoms with Gasteiger partial charge in [-0.2, -0.15) is 0 Å². The highest BCUT2D eigenvalue weighted by Crippen LogP contribution is 2.45. The van der Waals surface area contributed by atoms with Crippen LogP contribution in [0.1, 0.15) is 409 Å². The molecule has 0 radical (unpaired) electrons. The van der Waals surface area contributed by atoms with E-state index in [0.29, 0.717) is 25.7 Å². The standard InChI is InChI=1S/C80H156O17P2/c1-9-73(8)59-51-43-38-39-45-53-61-78(83)91-67-76(96-79(84)62-54-46-36-29-25-21-15-13-11-10-12-14-18-22-26-32-40-48-56-70(2)3)69-95-99(88,89)93-65-74(81)64-92-98(86,87)94-68-75(97-80(85)63-55-47-37-31-30-34-42-50-58-72(6)7)66-90-77(82)60-52-44-35-28-24-20-17-16-19-23-27-33-41-49-57-71(4)5/h70-76,81H,9-69H2,1-8H3,(H,86,87)(H,88,89)/t73?,74-,75-,76-/m1/s1. The van der Waals surface area contributed by atoms with Crippen LogP contribution in [-0.4, -0.2) is 96.7 Å². The Morgan fingerprint density at radius 1 is 0.283 bits per heavy atom. The fourth-order valence-corrected chi connectivity index (χ4v) is 13.8. The van der Waals surface area contributed by atoms with Crippen molar-refractivity contribution in [2.24, 2.45) is 23.7 Å². The molecule has 0 saturated carbocycles. The molecule has 0 aliphatic rings. The quantitative estimate of drug-likeness (QED) is 0.0222. The molecular weight excluding hydrogens is 1290 g/mol. The molecule has 0 amide bonds. The molecule has 0 aliphatic carbocycles. The van der Waals surface area contributed by atoms with E-state index in [1.54, 1.807) is 0 Å². The third-order valence-corrected chi connectivity index (χ3v) is 20.8. The fraction of sp³-hybridized carbons (Fsp3) is 0.950. The number of aliphatic hydroxyl groups is 1. The van der Waals surface area contributed by atoms with Crippen molar-refractivity contribution in [3.8, 4) is 0 Å². The highest BCUT2D eigenvalue weighted by molar-refractivity contribution is 7.47. The van der Waals surface area contributed by atoms with Crippen LogP contribution < -0.4 is 0 Å². The number of hydrogen-bond acceptors (Lipinski definition) is 15. The van der Waals surface area contributed by atoms with E-state index in [0.717, 1.165) is 120 Å². The summed E-state index contributed by atoms with van der Waals surface area (Å²) in [5.74, 6) is 0.950. The van der Waals surface area contributed by atoms with Crippen LogP contribution in [0, 0.1) is 23.7 Å². The van der Waals surface area contributed by atoms with Crippen molar-refractivity contribution in [2.45, 2.75) is 427 Å². The van der Waals surface area contributed by atoms with E-state index in [1.165, 1.54) is 205 Å². The number of rotatable bonds is 77. The van der Waals surface area contributed by atoms with Crippen LogP contribution >= 0.6 is 15.6 Å². The second-order valence-corrected chi connectivity index (χ2v) is 33.4. The molecule has 0 spiro atoms. The second kappa shape index (κ2) is 69.1.